The zero-order valence-electron chi connectivity index (χ0n) is 10.4. The Morgan fingerprint density at radius 3 is 2.16 bits per heavy atom. The molecule has 1 aromatic carbocycles. The molecule has 0 bridgehead atoms. The van der Waals surface area contributed by atoms with Crippen LogP contribution in [0.5, 0.6) is 0 Å². The Kier molecular flexibility index (Phi) is 5.05. The number of rotatable bonds is 5. The maximum Gasteiger partial charge on any atom is 0.255 e. The highest BCUT2D eigenvalue weighted by molar-refractivity contribution is 9.10. The van der Waals surface area contributed by atoms with E-state index in [-0.39, 0.29) is 13.1 Å². The first-order chi connectivity index (χ1) is 8.82. The third-order valence-electron chi connectivity index (χ3n) is 2.48. The molecule has 7 heteroatoms. The van der Waals surface area contributed by atoms with Crippen molar-refractivity contribution in [2.75, 3.05) is 13.1 Å². The molecule has 0 fully saturated rings. The molecule has 19 heavy (non-hydrogen) atoms. The van der Waals surface area contributed by atoms with E-state index in [4.69, 9.17) is 11.5 Å². The predicted octanol–water partition coefficient (Wildman–Crippen LogP) is 0.170. The molecule has 0 heterocycles. The first-order valence-corrected chi connectivity index (χ1v) is 6.23. The standard InChI is InChI=1S/C12H14BrN3O3/c1-7-8(3-2-4-9(7)13)12(19)16(5-10(14)17)6-11(15)18/h2-4H,5-6H2,1H3,(H2,14,17)(H2,15,18). The predicted molar refractivity (Wildman–Crippen MR) is 73.2 cm³/mol. The summed E-state index contributed by atoms with van der Waals surface area (Å²) in [6.07, 6.45) is 0. The van der Waals surface area contributed by atoms with Crippen molar-refractivity contribution in [1.82, 2.24) is 4.90 Å². The van der Waals surface area contributed by atoms with Crippen LogP contribution in [0.15, 0.2) is 22.7 Å². The van der Waals surface area contributed by atoms with Gasteiger partial charge in [0, 0.05) is 10.0 Å². The lowest BCUT2D eigenvalue weighted by Crippen LogP contribution is -2.43. The van der Waals surface area contributed by atoms with Crippen LogP contribution in [0, 0.1) is 6.92 Å². The molecular weight excluding hydrogens is 314 g/mol. The topological polar surface area (TPSA) is 106 Å². The van der Waals surface area contributed by atoms with E-state index in [0.29, 0.717) is 11.1 Å². The molecule has 1 rings (SSSR count). The van der Waals surface area contributed by atoms with Gasteiger partial charge in [0.2, 0.25) is 11.8 Å². The van der Waals surface area contributed by atoms with Crippen LogP contribution in [-0.2, 0) is 9.59 Å². The number of halogens is 1. The minimum Gasteiger partial charge on any atom is -0.368 e. The zero-order valence-corrected chi connectivity index (χ0v) is 11.9. The van der Waals surface area contributed by atoms with Crippen LogP contribution in [0.2, 0.25) is 0 Å². The maximum atomic E-state index is 12.3. The zero-order chi connectivity index (χ0) is 14.6. The first-order valence-electron chi connectivity index (χ1n) is 5.44. The van der Waals surface area contributed by atoms with Crippen molar-refractivity contribution in [2.24, 2.45) is 11.5 Å². The lowest BCUT2D eigenvalue weighted by Gasteiger charge is -2.20. The third kappa shape index (κ3) is 4.06. The molecule has 0 atom stereocenters. The molecule has 0 aliphatic carbocycles. The van der Waals surface area contributed by atoms with Gasteiger partial charge in [-0.1, -0.05) is 22.0 Å². The van der Waals surface area contributed by atoms with E-state index in [0.717, 1.165) is 9.37 Å². The second-order valence-corrected chi connectivity index (χ2v) is 4.86. The highest BCUT2D eigenvalue weighted by Gasteiger charge is 2.21. The fourth-order valence-electron chi connectivity index (χ4n) is 1.59. The summed E-state index contributed by atoms with van der Waals surface area (Å²) in [4.78, 5) is 35.2. The molecule has 4 N–H and O–H groups in total. The molecule has 1 aromatic rings. The third-order valence-corrected chi connectivity index (χ3v) is 3.34. The van der Waals surface area contributed by atoms with Crippen LogP contribution in [0.4, 0.5) is 0 Å². The summed E-state index contributed by atoms with van der Waals surface area (Å²) in [7, 11) is 0. The van der Waals surface area contributed by atoms with E-state index in [1.54, 1.807) is 25.1 Å². The van der Waals surface area contributed by atoms with Gasteiger partial charge >= 0.3 is 0 Å². The number of benzene rings is 1. The molecule has 0 saturated carbocycles. The normalized spacial score (nSPS) is 10.0. The first kappa shape index (κ1) is 15.2. The number of carbonyl (C=O) groups excluding carboxylic acids is 3. The maximum absolute atomic E-state index is 12.3. The fourth-order valence-corrected chi connectivity index (χ4v) is 1.95. The van der Waals surface area contributed by atoms with E-state index >= 15 is 0 Å². The van der Waals surface area contributed by atoms with Crippen molar-refractivity contribution in [2.45, 2.75) is 6.92 Å². The molecule has 3 amide bonds. The van der Waals surface area contributed by atoms with Gasteiger partial charge in [0.25, 0.3) is 5.91 Å². The second kappa shape index (κ2) is 6.33. The van der Waals surface area contributed by atoms with Crippen molar-refractivity contribution in [3.63, 3.8) is 0 Å². The lowest BCUT2D eigenvalue weighted by molar-refractivity contribution is -0.121. The summed E-state index contributed by atoms with van der Waals surface area (Å²) in [6.45, 7) is 1.05. The van der Waals surface area contributed by atoms with Crippen molar-refractivity contribution >= 4 is 33.7 Å². The summed E-state index contributed by atoms with van der Waals surface area (Å²) in [6, 6.07) is 5.09. The summed E-state index contributed by atoms with van der Waals surface area (Å²) >= 11 is 3.31. The lowest BCUT2D eigenvalue weighted by atomic mass is 10.1. The van der Waals surface area contributed by atoms with Gasteiger partial charge in [-0.25, -0.2) is 0 Å². The van der Waals surface area contributed by atoms with Crippen molar-refractivity contribution in [1.29, 1.82) is 0 Å². The fraction of sp³-hybridized carbons (Fsp3) is 0.250. The molecule has 0 aliphatic rings. The Morgan fingerprint density at radius 2 is 1.68 bits per heavy atom. The molecule has 0 radical (unpaired) electrons. The van der Waals surface area contributed by atoms with E-state index in [2.05, 4.69) is 15.9 Å². The Hall–Kier alpha value is -1.89. The average Bonchev–Trinajstić information content (AvgIpc) is 2.30. The average molecular weight is 328 g/mol. The Balaban J connectivity index is 3.07. The van der Waals surface area contributed by atoms with E-state index in [9.17, 15) is 14.4 Å². The van der Waals surface area contributed by atoms with Crippen LogP contribution in [0.25, 0.3) is 0 Å². The molecule has 0 saturated heterocycles. The Labute approximate surface area is 118 Å². The number of amides is 3. The van der Waals surface area contributed by atoms with E-state index in [1.807, 2.05) is 0 Å². The number of carbonyl (C=O) groups is 3. The monoisotopic (exact) mass is 327 g/mol. The number of nitrogens with two attached hydrogens (primary N) is 2. The van der Waals surface area contributed by atoms with Crippen LogP contribution in [0.1, 0.15) is 15.9 Å². The van der Waals surface area contributed by atoms with Gasteiger partial charge in [0.1, 0.15) is 13.1 Å². The van der Waals surface area contributed by atoms with Crippen molar-refractivity contribution < 1.29 is 14.4 Å². The summed E-state index contributed by atoms with van der Waals surface area (Å²) in [5.74, 6) is -1.87. The minimum atomic E-state index is -0.706. The van der Waals surface area contributed by atoms with Gasteiger partial charge < -0.3 is 16.4 Å². The Morgan fingerprint density at radius 1 is 1.16 bits per heavy atom. The number of hydrogen-bond donors (Lipinski definition) is 2. The number of nitrogens with zero attached hydrogens (tertiary/aromatic N) is 1. The highest BCUT2D eigenvalue weighted by Crippen LogP contribution is 2.20. The van der Waals surface area contributed by atoms with Gasteiger partial charge in [-0.05, 0) is 24.6 Å². The quantitative estimate of drug-likeness (QED) is 0.804. The van der Waals surface area contributed by atoms with Gasteiger partial charge in [-0.15, -0.1) is 0 Å². The minimum absolute atomic E-state index is 0.353. The smallest absolute Gasteiger partial charge is 0.255 e. The summed E-state index contributed by atoms with van der Waals surface area (Å²) in [5.41, 5.74) is 11.2. The SMILES string of the molecule is Cc1c(Br)cccc1C(=O)N(CC(N)=O)CC(N)=O. The number of primary amides is 2. The second-order valence-electron chi connectivity index (χ2n) is 4.01. The largest absolute Gasteiger partial charge is 0.368 e. The molecule has 0 unspecified atom stereocenters. The molecule has 0 spiro atoms. The van der Waals surface area contributed by atoms with Crippen LogP contribution in [-0.4, -0.2) is 35.7 Å². The van der Waals surface area contributed by atoms with Crippen molar-refractivity contribution in [3.8, 4) is 0 Å². The van der Waals surface area contributed by atoms with Gasteiger partial charge in [-0.2, -0.15) is 0 Å². The molecule has 6 nitrogen and oxygen atoms in total. The molecule has 0 aliphatic heterocycles. The van der Waals surface area contributed by atoms with Crippen LogP contribution < -0.4 is 11.5 Å². The van der Waals surface area contributed by atoms with Crippen LogP contribution >= 0.6 is 15.9 Å². The van der Waals surface area contributed by atoms with Gasteiger partial charge in [0.15, 0.2) is 0 Å². The van der Waals surface area contributed by atoms with E-state index < -0.39 is 17.7 Å². The number of hydrogen-bond acceptors (Lipinski definition) is 3. The van der Waals surface area contributed by atoms with Crippen LogP contribution in [0.3, 0.4) is 0 Å². The van der Waals surface area contributed by atoms with Gasteiger partial charge in [0.05, 0.1) is 0 Å². The van der Waals surface area contributed by atoms with Gasteiger partial charge in [-0.3, -0.25) is 14.4 Å². The molecule has 102 valence electrons. The van der Waals surface area contributed by atoms with E-state index in [1.165, 1.54) is 0 Å². The highest BCUT2D eigenvalue weighted by atomic mass is 79.9. The summed E-state index contributed by atoms with van der Waals surface area (Å²) in [5, 5.41) is 0. The summed E-state index contributed by atoms with van der Waals surface area (Å²) < 4.78 is 0.761. The molecule has 0 aromatic heterocycles. The van der Waals surface area contributed by atoms with Crippen molar-refractivity contribution in [3.05, 3.63) is 33.8 Å². The molecular formula is C12H14BrN3O3. The Bertz CT molecular complexity index is 515.